The second-order valence-electron chi connectivity index (χ2n) is 2.29. The average Bonchev–Trinajstić information content (AvgIpc) is 2.16. The zero-order valence-corrected chi connectivity index (χ0v) is 13.2. The van der Waals surface area contributed by atoms with Crippen molar-refractivity contribution in [2.45, 2.75) is 0 Å². The fraction of sp³-hybridized carbons (Fsp3) is 0. The Bertz CT molecular complexity index is 451. The van der Waals surface area contributed by atoms with Gasteiger partial charge in [0.05, 0.1) is 3.57 Å². The van der Waals surface area contributed by atoms with E-state index < -0.39 is 22.7 Å². The van der Waals surface area contributed by atoms with Gasteiger partial charge in [0.2, 0.25) is 5.75 Å². The fourth-order valence-electron chi connectivity index (χ4n) is 0.806. The van der Waals surface area contributed by atoms with Crippen LogP contribution in [0.25, 0.3) is 0 Å². The van der Waals surface area contributed by atoms with Gasteiger partial charge in [0, 0.05) is 3.57 Å². The quantitative estimate of drug-likeness (QED) is 0.496. The minimum atomic E-state index is -2.53. The summed E-state index contributed by atoms with van der Waals surface area (Å²) in [5, 5.41) is 0. The van der Waals surface area contributed by atoms with Gasteiger partial charge in [-0.1, -0.05) is 0 Å². The van der Waals surface area contributed by atoms with Crippen LogP contribution in [-0.4, -0.2) is 17.5 Å². The standard InChI is InChI=1S/C6H4I2O6S2/c7-3-1-2-4(13-15(9)10)6(5(3)8)14-16(11)12/h1-2H,(H,9,10)(H,11,12). The summed E-state index contributed by atoms with van der Waals surface area (Å²) in [6.45, 7) is 0. The molecule has 0 fully saturated rings. The van der Waals surface area contributed by atoms with Crippen molar-refractivity contribution in [1.82, 2.24) is 0 Å². The van der Waals surface area contributed by atoms with Crippen molar-refractivity contribution in [3.8, 4) is 11.5 Å². The Morgan fingerprint density at radius 1 is 1.06 bits per heavy atom. The highest BCUT2D eigenvalue weighted by atomic mass is 127. The highest BCUT2D eigenvalue weighted by molar-refractivity contribution is 14.1. The topological polar surface area (TPSA) is 93.1 Å². The normalized spacial score (nSPS) is 14.2. The van der Waals surface area contributed by atoms with E-state index in [1.807, 2.05) is 45.2 Å². The van der Waals surface area contributed by atoms with E-state index in [4.69, 9.17) is 9.11 Å². The zero-order valence-electron chi connectivity index (χ0n) is 7.25. The molecule has 2 N–H and O–H groups in total. The van der Waals surface area contributed by atoms with E-state index in [1.54, 1.807) is 6.07 Å². The van der Waals surface area contributed by atoms with Crippen molar-refractivity contribution in [2.24, 2.45) is 0 Å². The molecular formula is C6H4I2O6S2. The molecule has 0 amide bonds. The Morgan fingerprint density at radius 3 is 2.12 bits per heavy atom. The lowest BCUT2D eigenvalue weighted by molar-refractivity contribution is 0.424. The first-order valence-corrected chi connectivity index (χ1v) is 7.70. The molecule has 1 aromatic carbocycles. The summed E-state index contributed by atoms with van der Waals surface area (Å²) >= 11 is -1.19. The summed E-state index contributed by atoms with van der Waals surface area (Å²) in [6.07, 6.45) is 0. The van der Waals surface area contributed by atoms with Crippen LogP contribution >= 0.6 is 45.2 Å². The molecule has 1 rings (SSSR count). The largest absolute Gasteiger partial charge is 0.376 e. The molecule has 0 spiro atoms. The van der Waals surface area contributed by atoms with Crippen molar-refractivity contribution in [2.75, 3.05) is 0 Å². The van der Waals surface area contributed by atoms with Gasteiger partial charge >= 0.3 is 22.7 Å². The van der Waals surface area contributed by atoms with Crippen LogP contribution in [0.4, 0.5) is 0 Å². The number of halogens is 2. The predicted molar refractivity (Wildman–Crippen MR) is 74.7 cm³/mol. The smallest absolute Gasteiger partial charge is 0.357 e. The molecule has 2 unspecified atom stereocenters. The number of hydrogen-bond donors (Lipinski definition) is 2. The molecular weight excluding hydrogens is 486 g/mol. The summed E-state index contributed by atoms with van der Waals surface area (Å²) in [4.78, 5) is 0. The van der Waals surface area contributed by atoms with Crippen molar-refractivity contribution >= 4 is 67.9 Å². The van der Waals surface area contributed by atoms with Crippen LogP contribution in [0.3, 0.4) is 0 Å². The molecule has 1 aromatic rings. The van der Waals surface area contributed by atoms with Crippen molar-refractivity contribution in [1.29, 1.82) is 0 Å². The van der Waals surface area contributed by atoms with Crippen molar-refractivity contribution in [3.05, 3.63) is 19.3 Å². The maximum Gasteiger partial charge on any atom is 0.357 e. The minimum Gasteiger partial charge on any atom is -0.376 e. The van der Waals surface area contributed by atoms with Gasteiger partial charge in [-0.3, -0.25) is 9.11 Å². The van der Waals surface area contributed by atoms with Crippen LogP contribution in [0, 0.1) is 7.14 Å². The first kappa shape index (κ1) is 14.6. The molecule has 0 radical (unpaired) electrons. The van der Waals surface area contributed by atoms with Gasteiger partial charge in [0.25, 0.3) is 0 Å². The summed E-state index contributed by atoms with van der Waals surface area (Å²) in [5.74, 6) is -0.121. The lowest BCUT2D eigenvalue weighted by atomic mass is 10.3. The Kier molecular flexibility index (Phi) is 5.86. The molecule has 0 aromatic heterocycles. The van der Waals surface area contributed by atoms with Crippen LogP contribution in [0.5, 0.6) is 11.5 Å². The summed E-state index contributed by atoms with van der Waals surface area (Å²) in [5.41, 5.74) is 0. The highest BCUT2D eigenvalue weighted by Crippen LogP contribution is 2.36. The van der Waals surface area contributed by atoms with Crippen LogP contribution in [0.1, 0.15) is 0 Å². The predicted octanol–water partition coefficient (Wildman–Crippen LogP) is 1.93. The van der Waals surface area contributed by atoms with Gasteiger partial charge in [-0.25, -0.2) is 0 Å². The molecule has 16 heavy (non-hydrogen) atoms. The second-order valence-corrected chi connectivity index (χ2v) is 5.73. The Hall–Kier alpha value is 0.500. The SMILES string of the molecule is O=S(O)Oc1ccc(I)c(I)c1OS(=O)O. The fourth-order valence-corrected chi connectivity index (χ4v) is 2.53. The number of rotatable bonds is 4. The molecule has 0 bridgehead atoms. The molecule has 0 aliphatic carbocycles. The number of benzene rings is 1. The summed E-state index contributed by atoms with van der Waals surface area (Å²) in [6, 6.07) is 3.00. The minimum absolute atomic E-state index is 0.0456. The average molecular weight is 490 g/mol. The lowest BCUT2D eigenvalue weighted by Crippen LogP contribution is -2.05. The number of hydrogen-bond acceptors (Lipinski definition) is 4. The maximum absolute atomic E-state index is 10.6. The first-order chi connectivity index (χ1) is 7.41. The van der Waals surface area contributed by atoms with Crippen LogP contribution in [0.2, 0.25) is 0 Å². The van der Waals surface area contributed by atoms with Crippen LogP contribution in [-0.2, 0) is 22.7 Å². The van der Waals surface area contributed by atoms with Gasteiger partial charge in [-0.15, -0.1) is 0 Å². The van der Waals surface area contributed by atoms with E-state index in [9.17, 15) is 8.42 Å². The molecule has 0 saturated heterocycles. The molecule has 0 saturated carbocycles. The third-order valence-electron chi connectivity index (χ3n) is 1.33. The monoisotopic (exact) mass is 490 g/mol. The molecule has 10 heteroatoms. The highest BCUT2D eigenvalue weighted by Gasteiger charge is 2.17. The Balaban J connectivity index is 3.20. The van der Waals surface area contributed by atoms with E-state index in [1.165, 1.54) is 6.07 Å². The van der Waals surface area contributed by atoms with Crippen molar-refractivity contribution in [3.63, 3.8) is 0 Å². The maximum atomic E-state index is 10.6. The molecule has 0 aliphatic heterocycles. The second kappa shape index (κ2) is 6.44. The van der Waals surface area contributed by atoms with Crippen molar-refractivity contribution < 1.29 is 25.9 Å². The molecule has 0 heterocycles. The van der Waals surface area contributed by atoms with Crippen LogP contribution in [0.15, 0.2) is 12.1 Å². The third kappa shape index (κ3) is 4.06. The summed E-state index contributed by atoms with van der Waals surface area (Å²) in [7, 11) is 0. The molecule has 6 nitrogen and oxygen atoms in total. The van der Waals surface area contributed by atoms with Crippen LogP contribution < -0.4 is 8.37 Å². The molecule has 90 valence electrons. The van der Waals surface area contributed by atoms with Gasteiger partial charge < -0.3 is 8.37 Å². The molecule has 2 atom stereocenters. The van der Waals surface area contributed by atoms with Gasteiger partial charge in [-0.2, -0.15) is 8.42 Å². The van der Waals surface area contributed by atoms with E-state index in [0.29, 0.717) is 3.57 Å². The molecule has 0 aliphatic rings. The van der Waals surface area contributed by atoms with E-state index in [0.717, 1.165) is 3.57 Å². The van der Waals surface area contributed by atoms with E-state index in [-0.39, 0.29) is 11.5 Å². The Morgan fingerprint density at radius 2 is 1.62 bits per heavy atom. The van der Waals surface area contributed by atoms with E-state index in [2.05, 4.69) is 8.37 Å². The van der Waals surface area contributed by atoms with Gasteiger partial charge in [0.15, 0.2) is 5.75 Å². The van der Waals surface area contributed by atoms with Gasteiger partial charge in [-0.05, 0) is 57.3 Å². The lowest BCUT2D eigenvalue weighted by Gasteiger charge is -2.09. The first-order valence-electron chi connectivity index (χ1n) is 3.48. The van der Waals surface area contributed by atoms with Gasteiger partial charge in [0.1, 0.15) is 0 Å². The third-order valence-corrected chi connectivity index (χ3v) is 4.96. The summed E-state index contributed by atoms with van der Waals surface area (Å²) < 4.78 is 48.7. The van der Waals surface area contributed by atoms with E-state index >= 15 is 0 Å². The zero-order chi connectivity index (χ0) is 12.3. The Labute approximate surface area is 123 Å².